The summed E-state index contributed by atoms with van der Waals surface area (Å²) in [5, 5.41) is 4.59. The Morgan fingerprint density at radius 1 is 1.35 bits per heavy atom. The molecule has 0 aliphatic rings. The zero-order valence-corrected chi connectivity index (χ0v) is 9.22. The molecule has 2 heterocycles. The fourth-order valence-electron chi connectivity index (χ4n) is 1.86. The predicted octanol–water partition coefficient (Wildman–Crippen LogP) is 2.52. The van der Waals surface area contributed by atoms with Crippen LogP contribution in [0.1, 0.15) is 11.7 Å². The van der Waals surface area contributed by atoms with E-state index in [-0.39, 0.29) is 5.82 Å². The molecular weight excluding hydrogens is 221 g/mol. The Balaban J connectivity index is 2.00. The van der Waals surface area contributed by atoms with E-state index in [4.69, 9.17) is 4.52 Å². The maximum absolute atomic E-state index is 13.0. The molecule has 0 N–H and O–H groups in total. The highest BCUT2D eigenvalue weighted by molar-refractivity contribution is 5.80. The summed E-state index contributed by atoms with van der Waals surface area (Å²) in [6.07, 6.45) is 1.88. The van der Waals surface area contributed by atoms with Crippen LogP contribution in [0.4, 0.5) is 4.39 Å². The Hall–Kier alpha value is -2.17. The van der Waals surface area contributed by atoms with Gasteiger partial charge in [0.05, 0.1) is 0 Å². The molecule has 0 aliphatic carbocycles. The van der Waals surface area contributed by atoms with E-state index in [1.54, 1.807) is 13.0 Å². The van der Waals surface area contributed by atoms with E-state index in [0.717, 1.165) is 10.9 Å². The van der Waals surface area contributed by atoms with Crippen molar-refractivity contribution >= 4 is 10.9 Å². The lowest BCUT2D eigenvalue weighted by atomic mass is 10.2. The monoisotopic (exact) mass is 231 g/mol. The molecule has 0 saturated carbocycles. The van der Waals surface area contributed by atoms with Gasteiger partial charge in [-0.05, 0) is 31.2 Å². The lowest BCUT2D eigenvalue weighted by Gasteiger charge is -2.00. The van der Waals surface area contributed by atoms with Crippen molar-refractivity contribution in [2.24, 2.45) is 0 Å². The molecule has 0 fully saturated rings. The van der Waals surface area contributed by atoms with Gasteiger partial charge >= 0.3 is 0 Å². The lowest BCUT2D eigenvalue weighted by molar-refractivity contribution is 0.369. The smallest absolute Gasteiger partial charge is 0.246 e. The van der Waals surface area contributed by atoms with Gasteiger partial charge in [-0.3, -0.25) is 0 Å². The Bertz CT molecular complexity index is 671. The van der Waals surface area contributed by atoms with E-state index in [1.807, 2.05) is 16.8 Å². The fraction of sp³-hybridized carbons (Fsp3) is 0.167. The second-order valence-corrected chi connectivity index (χ2v) is 3.88. The molecule has 0 atom stereocenters. The average molecular weight is 231 g/mol. The number of benzene rings is 1. The molecule has 17 heavy (non-hydrogen) atoms. The summed E-state index contributed by atoms with van der Waals surface area (Å²) in [5.41, 5.74) is 0.947. The molecule has 3 aromatic rings. The van der Waals surface area contributed by atoms with Crippen molar-refractivity contribution in [1.29, 1.82) is 0 Å². The third kappa shape index (κ3) is 1.80. The van der Waals surface area contributed by atoms with Gasteiger partial charge in [0.25, 0.3) is 0 Å². The van der Waals surface area contributed by atoms with E-state index in [1.165, 1.54) is 12.1 Å². The van der Waals surface area contributed by atoms with Crippen molar-refractivity contribution in [1.82, 2.24) is 14.7 Å². The largest absolute Gasteiger partial charge is 0.338 e. The van der Waals surface area contributed by atoms with Crippen molar-refractivity contribution in [2.45, 2.75) is 13.5 Å². The molecule has 0 bridgehead atoms. The highest BCUT2D eigenvalue weighted by Crippen LogP contribution is 2.18. The highest BCUT2D eigenvalue weighted by Gasteiger charge is 2.07. The first kappa shape index (κ1) is 10.0. The van der Waals surface area contributed by atoms with Crippen LogP contribution in [0.15, 0.2) is 35.0 Å². The third-order valence-corrected chi connectivity index (χ3v) is 2.61. The normalized spacial score (nSPS) is 11.2. The minimum absolute atomic E-state index is 0.233. The summed E-state index contributed by atoms with van der Waals surface area (Å²) in [7, 11) is 0. The molecule has 0 radical (unpaired) electrons. The molecular formula is C12H10FN3O. The summed E-state index contributed by atoms with van der Waals surface area (Å²) < 4.78 is 20.0. The van der Waals surface area contributed by atoms with Crippen molar-refractivity contribution < 1.29 is 8.91 Å². The van der Waals surface area contributed by atoms with Gasteiger partial charge < -0.3 is 9.09 Å². The third-order valence-electron chi connectivity index (χ3n) is 2.61. The molecule has 0 amide bonds. The first-order valence-electron chi connectivity index (χ1n) is 5.26. The van der Waals surface area contributed by atoms with Crippen LogP contribution in [0, 0.1) is 12.7 Å². The number of rotatable bonds is 2. The number of hydrogen-bond donors (Lipinski definition) is 0. The summed E-state index contributed by atoms with van der Waals surface area (Å²) in [6, 6.07) is 6.55. The summed E-state index contributed by atoms with van der Waals surface area (Å²) >= 11 is 0. The van der Waals surface area contributed by atoms with Gasteiger partial charge in [0.1, 0.15) is 12.4 Å². The van der Waals surface area contributed by atoms with E-state index in [9.17, 15) is 4.39 Å². The minimum atomic E-state index is -0.233. The predicted molar refractivity (Wildman–Crippen MR) is 60.0 cm³/mol. The van der Waals surface area contributed by atoms with Crippen LogP contribution in [0.25, 0.3) is 10.9 Å². The molecule has 3 rings (SSSR count). The van der Waals surface area contributed by atoms with E-state index < -0.39 is 0 Å². The van der Waals surface area contributed by atoms with E-state index in [2.05, 4.69) is 10.1 Å². The lowest BCUT2D eigenvalue weighted by Crippen LogP contribution is -1.98. The van der Waals surface area contributed by atoms with E-state index >= 15 is 0 Å². The Morgan fingerprint density at radius 2 is 2.24 bits per heavy atom. The van der Waals surface area contributed by atoms with Gasteiger partial charge in [-0.1, -0.05) is 5.16 Å². The summed E-state index contributed by atoms with van der Waals surface area (Å²) in [6.45, 7) is 2.27. The molecule has 2 aromatic heterocycles. The van der Waals surface area contributed by atoms with Gasteiger partial charge in [0.2, 0.25) is 5.89 Å². The van der Waals surface area contributed by atoms with Gasteiger partial charge in [-0.2, -0.15) is 4.98 Å². The van der Waals surface area contributed by atoms with Crippen LogP contribution in [0.2, 0.25) is 0 Å². The van der Waals surface area contributed by atoms with Crippen molar-refractivity contribution in [3.8, 4) is 0 Å². The maximum atomic E-state index is 13.0. The Morgan fingerprint density at radius 3 is 3.00 bits per heavy atom. The quantitative estimate of drug-likeness (QED) is 0.680. The SMILES string of the molecule is Cc1noc(Cn2ccc3cc(F)ccc32)n1. The first-order chi connectivity index (χ1) is 8.22. The second-order valence-electron chi connectivity index (χ2n) is 3.88. The van der Waals surface area contributed by atoms with Crippen LogP contribution in [0.3, 0.4) is 0 Å². The topological polar surface area (TPSA) is 43.9 Å². The van der Waals surface area contributed by atoms with Gasteiger partial charge in [0, 0.05) is 17.1 Å². The molecule has 0 aliphatic heterocycles. The van der Waals surface area contributed by atoms with Gasteiger partial charge in [-0.15, -0.1) is 0 Å². The summed E-state index contributed by atoms with van der Waals surface area (Å²) in [5.74, 6) is 0.927. The van der Waals surface area contributed by atoms with Crippen LogP contribution < -0.4 is 0 Å². The maximum Gasteiger partial charge on any atom is 0.246 e. The number of nitrogens with zero attached hydrogens (tertiary/aromatic N) is 3. The molecule has 4 nitrogen and oxygen atoms in total. The molecule has 86 valence electrons. The van der Waals surface area contributed by atoms with Crippen molar-refractivity contribution in [2.75, 3.05) is 0 Å². The van der Waals surface area contributed by atoms with Crippen LogP contribution in [-0.2, 0) is 6.54 Å². The van der Waals surface area contributed by atoms with Gasteiger partial charge in [0.15, 0.2) is 5.82 Å². The van der Waals surface area contributed by atoms with Crippen molar-refractivity contribution in [3.05, 3.63) is 48.0 Å². The fourth-order valence-corrected chi connectivity index (χ4v) is 1.86. The first-order valence-corrected chi connectivity index (χ1v) is 5.26. The molecule has 1 aromatic carbocycles. The zero-order valence-electron chi connectivity index (χ0n) is 9.22. The number of aromatic nitrogens is 3. The molecule has 0 unspecified atom stereocenters. The molecule has 5 heteroatoms. The van der Waals surface area contributed by atoms with E-state index in [0.29, 0.717) is 18.3 Å². The molecule has 0 spiro atoms. The van der Waals surface area contributed by atoms with Crippen LogP contribution >= 0.6 is 0 Å². The zero-order chi connectivity index (χ0) is 11.8. The second kappa shape index (κ2) is 3.69. The number of hydrogen-bond acceptors (Lipinski definition) is 3. The standard InChI is InChI=1S/C12H10FN3O/c1-8-14-12(17-15-8)7-16-5-4-9-6-10(13)2-3-11(9)16/h2-6H,7H2,1H3. The van der Waals surface area contributed by atoms with Crippen molar-refractivity contribution in [3.63, 3.8) is 0 Å². The van der Waals surface area contributed by atoms with Crippen LogP contribution in [-0.4, -0.2) is 14.7 Å². The summed E-state index contributed by atoms with van der Waals surface area (Å²) in [4.78, 5) is 4.14. The Labute approximate surface area is 96.7 Å². The number of aryl methyl sites for hydroxylation is 1. The average Bonchev–Trinajstić information content (AvgIpc) is 2.86. The Kier molecular flexibility index (Phi) is 2.18. The number of fused-ring (bicyclic) bond motifs is 1. The minimum Gasteiger partial charge on any atom is -0.338 e. The van der Waals surface area contributed by atoms with Crippen LogP contribution in [0.5, 0.6) is 0 Å². The van der Waals surface area contributed by atoms with Gasteiger partial charge in [-0.25, -0.2) is 4.39 Å². The highest BCUT2D eigenvalue weighted by atomic mass is 19.1. The molecule has 0 saturated heterocycles. The number of halogens is 1.